The summed E-state index contributed by atoms with van der Waals surface area (Å²) in [7, 11) is 0. The van der Waals surface area contributed by atoms with Gasteiger partial charge in [0.1, 0.15) is 0 Å². The first-order chi connectivity index (χ1) is 8.27. The van der Waals surface area contributed by atoms with Crippen molar-refractivity contribution in [3.8, 4) is 0 Å². The summed E-state index contributed by atoms with van der Waals surface area (Å²) >= 11 is 1.47. The van der Waals surface area contributed by atoms with Crippen LogP contribution in [0.5, 0.6) is 0 Å². The minimum Gasteiger partial charge on any atom is -0.317 e. The predicted octanol–water partition coefficient (Wildman–Crippen LogP) is 2.25. The molecule has 0 unspecified atom stereocenters. The fraction of sp³-hybridized carbons (Fsp3) is 0.667. The van der Waals surface area contributed by atoms with Crippen LogP contribution in [0.25, 0.3) is 0 Å². The molecule has 2 rings (SSSR count). The molecule has 0 bridgehead atoms. The van der Waals surface area contributed by atoms with Crippen molar-refractivity contribution in [2.45, 2.75) is 32.6 Å². The standard InChI is InChI=1S/C12H19N3OS/c1-2-3-12(4-6-13-7-5-12)10(16)15-11-14-8-9-17-11/h8-9,13H,2-7H2,1H3,(H,14,15,16). The maximum absolute atomic E-state index is 12.4. The van der Waals surface area contributed by atoms with E-state index in [2.05, 4.69) is 22.5 Å². The second-order valence-corrected chi connectivity index (χ2v) is 5.47. The largest absolute Gasteiger partial charge is 0.317 e. The summed E-state index contributed by atoms with van der Waals surface area (Å²) in [5.41, 5.74) is -0.189. The van der Waals surface area contributed by atoms with Crippen LogP contribution in [0.15, 0.2) is 11.6 Å². The van der Waals surface area contributed by atoms with Crippen molar-refractivity contribution >= 4 is 22.4 Å². The zero-order chi connectivity index (χ0) is 12.1. The maximum Gasteiger partial charge on any atom is 0.232 e. The quantitative estimate of drug-likeness (QED) is 0.865. The topological polar surface area (TPSA) is 54.0 Å². The lowest BCUT2D eigenvalue weighted by Gasteiger charge is -2.35. The maximum atomic E-state index is 12.4. The third-order valence-electron chi connectivity index (χ3n) is 3.42. The molecular weight excluding hydrogens is 234 g/mol. The number of carbonyl (C=O) groups is 1. The molecule has 1 aliphatic rings. The summed E-state index contributed by atoms with van der Waals surface area (Å²) in [6, 6.07) is 0. The predicted molar refractivity (Wildman–Crippen MR) is 70.2 cm³/mol. The zero-order valence-corrected chi connectivity index (χ0v) is 11.0. The van der Waals surface area contributed by atoms with Crippen LogP contribution < -0.4 is 10.6 Å². The van der Waals surface area contributed by atoms with E-state index in [0.717, 1.165) is 38.8 Å². The summed E-state index contributed by atoms with van der Waals surface area (Å²) < 4.78 is 0. The van der Waals surface area contributed by atoms with Crippen LogP contribution in [-0.2, 0) is 4.79 Å². The Morgan fingerprint density at radius 3 is 2.94 bits per heavy atom. The SMILES string of the molecule is CCCC1(C(=O)Nc2nccs2)CCNCC1. The Labute approximate surface area is 106 Å². The Morgan fingerprint density at radius 2 is 2.35 bits per heavy atom. The molecule has 2 heterocycles. The molecule has 0 spiro atoms. The van der Waals surface area contributed by atoms with E-state index >= 15 is 0 Å². The van der Waals surface area contributed by atoms with E-state index in [9.17, 15) is 4.79 Å². The minimum absolute atomic E-state index is 0.149. The number of rotatable bonds is 4. The summed E-state index contributed by atoms with van der Waals surface area (Å²) in [5, 5.41) is 8.87. The molecule has 17 heavy (non-hydrogen) atoms. The number of anilines is 1. The monoisotopic (exact) mass is 253 g/mol. The molecule has 4 nitrogen and oxygen atoms in total. The van der Waals surface area contributed by atoms with Gasteiger partial charge in [0.2, 0.25) is 5.91 Å². The molecule has 1 aliphatic heterocycles. The van der Waals surface area contributed by atoms with Crippen molar-refractivity contribution in [3.63, 3.8) is 0 Å². The Kier molecular flexibility index (Phi) is 4.12. The first-order valence-electron chi connectivity index (χ1n) is 6.18. The van der Waals surface area contributed by atoms with Gasteiger partial charge in [-0.2, -0.15) is 0 Å². The molecule has 0 aliphatic carbocycles. The summed E-state index contributed by atoms with van der Waals surface area (Å²) in [6.07, 6.45) is 5.59. The number of hydrogen-bond acceptors (Lipinski definition) is 4. The van der Waals surface area contributed by atoms with Crippen molar-refractivity contribution in [3.05, 3.63) is 11.6 Å². The van der Waals surface area contributed by atoms with Gasteiger partial charge in [0.05, 0.1) is 5.41 Å². The lowest BCUT2D eigenvalue weighted by molar-refractivity contribution is -0.127. The number of carbonyl (C=O) groups excluding carboxylic acids is 1. The normalized spacial score (nSPS) is 18.9. The number of hydrogen-bond donors (Lipinski definition) is 2. The lowest BCUT2D eigenvalue weighted by Crippen LogP contribution is -2.44. The van der Waals surface area contributed by atoms with Gasteiger partial charge < -0.3 is 10.6 Å². The molecule has 0 saturated carbocycles. The third kappa shape index (κ3) is 2.84. The van der Waals surface area contributed by atoms with Crippen molar-refractivity contribution in [2.75, 3.05) is 18.4 Å². The average molecular weight is 253 g/mol. The van der Waals surface area contributed by atoms with E-state index < -0.39 is 0 Å². The summed E-state index contributed by atoms with van der Waals surface area (Å²) in [4.78, 5) is 16.5. The van der Waals surface area contributed by atoms with Crippen molar-refractivity contribution < 1.29 is 4.79 Å². The Balaban J connectivity index is 2.06. The minimum atomic E-state index is -0.189. The summed E-state index contributed by atoms with van der Waals surface area (Å²) in [6.45, 7) is 4.01. The van der Waals surface area contributed by atoms with Gasteiger partial charge in [0.25, 0.3) is 0 Å². The van der Waals surface area contributed by atoms with E-state index in [1.54, 1.807) is 6.20 Å². The average Bonchev–Trinajstić information content (AvgIpc) is 2.83. The Bertz CT molecular complexity index is 352. The van der Waals surface area contributed by atoms with E-state index in [1.807, 2.05) is 5.38 Å². The van der Waals surface area contributed by atoms with Crippen molar-refractivity contribution in [1.82, 2.24) is 10.3 Å². The van der Waals surface area contributed by atoms with Crippen LogP contribution in [-0.4, -0.2) is 24.0 Å². The highest BCUT2D eigenvalue weighted by Crippen LogP contribution is 2.35. The number of amides is 1. The highest BCUT2D eigenvalue weighted by Gasteiger charge is 2.38. The highest BCUT2D eigenvalue weighted by molar-refractivity contribution is 7.13. The second-order valence-electron chi connectivity index (χ2n) is 4.57. The van der Waals surface area contributed by atoms with Crippen LogP contribution in [0.3, 0.4) is 0 Å². The zero-order valence-electron chi connectivity index (χ0n) is 10.2. The van der Waals surface area contributed by atoms with Gasteiger partial charge in [0, 0.05) is 11.6 Å². The molecule has 2 N–H and O–H groups in total. The van der Waals surface area contributed by atoms with E-state index in [-0.39, 0.29) is 11.3 Å². The molecule has 5 heteroatoms. The second kappa shape index (κ2) is 5.60. The van der Waals surface area contributed by atoms with Gasteiger partial charge in [-0.05, 0) is 32.4 Å². The molecule has 94 valence electrons. The Morgan fingerprint density at radius 1 is 1.59 bits per heavy atom. The van der Waals surface area contributed by atoms with Gasteiger partial charge in [-0.3, -0.25) is 4.79 Å². The lowest BCUT2D eigenvalue weighted by atomic mass is 9.74. The number of piperidine rings is 1. The van der Waals surface area contributed by atoms with Gasteiger partial charge >= 0.3 is 0 Å². The molecule has 1 fully saturated rings. The Hall–Kier alpha value is -0.940. The summed E-state index contributed by atoms with van der Waals surface area (Å²) in [5.74, 6) is 0.149. The number of thiazole rings is 1. The number of nitrogens with one attached hydrogen (secondary N) is 2. The number of aromatic nitrogens is 1. The van der Waals surface area contributed by atoms with Crippen LogP contribution in [0.4, 0.5) is 5.13 Å². The molecule has 0 radical (unpaired) electrons. The van der Waals surface area contributed by atoms with Crippen molar-refractivity contribution in [2.24, 2.45) is 5.41 Å². The van der Waals surface area contributed by atoms with Gasteiger partial charge in [-0.25, -0.2) is 4.98 Å². The third-order valence-corrected chi connectivity index (χ3v) is 4.11. The van der Waals surface area contributed by atoms with Crippen LogP contribution in [0.2, 0.25) is 0 Å². The first-order valence-corrected chi connectivity index (χ1v) is 7.06. The molecule has 1 aromatic rings. The van der Waals surface area contributed by atoms with E-state index in [0.29, 0.717) is 5.13 Å². The molecule has 1 saturated heterocycles. The molecule has 0 aromatic carbocycles. The van der Waals surface area contributed by atoms with Gasteiger partial charge in [0.15, 0.2) is 5.13 Å². The molecule has 0 atom stereocenters. The van der Waals surface area contributed by atoms with Crippen LogP contribution in [0.1, 0.15) is 32.6 Å². The number of nitrogens with zero attached hydrogens (tertiary/aromatic N) is 1. The van der Waals surface area contributed by atoms with E-state index in [1.165, 1.54) is 11.3 Å². The molecular formula is C12H19N3OS. The fourth-order valence-electron chi connectivity index (χ4n) is 2.49. The highest BCUT2D eigenvalue weighted by atomic mass is 32.1. The fourth-order valence-corrected chi connectivity index (χ4v) is 3.01. The van der Waals surface area contributed by atoms with Gasteiger partial charge in [-0.1, -0.05) is 13.3 Å². The van der Waals surface area contributed by atoms with Crippen molar-refractivity contribution in [1.29, 1.82) is 0 Å². The first kappa shape index (κ1) is 12.5. The molecule has 1 amide bonds. The van der Waals surface area contributed by atoms with Crippen LogP contribution in [0, 0.1) is 5.41 Å². The van der Waals surface area contributed by atoms with Crippen LogP contribution >= 0.6 is 11.3 Å². The van der Waals surface area contributed by atoms with E-state index in [4.69, 9.17) is 0 Å². The van der Waals surface area contributed by atoms with Gasteiger partial charge in [-0.15, -0.1) is 11.3 Å². The molecule has 1 aromatic heterocycles. The smallest absolute Gasteiger partial charge is 0.232 e.